The molecule has 0 radical (unpaired) electrons. The van der Waals surface area contributed by atoms with Crippen molar-refractivity contribution >= 4 is 11.6 Å². The number of likely N-dealkylation sites (N-methyl/N-ethyl adjacent to an activating group) is 2. The molecule has 1 aliphatic rings. The summed E-state index contributed by atoms with van der Waals surface area (Å²) in [5.41, 5.74) is 1.89. The van der Waals surface area contributed by atoms with Gasteiger partial charge in [0.15, 0.2) is 0 Å². The third-order valence-corrected chi connectivity index (χ3v) is 4.24. The minimum atomic E-state index is -0.317. The highest BCUT2D eigenvalue weighted by atomic mass is 16.5. The van der Waals surface area contributed by atoms with E-state index in [1.807, 2.05) is 60.5 Å². The van der Waals surface area contributed by atoms with Crippen molar-refractivity contribution in [3.8, 4) is 0 Å². The maximum absolute atomic E-state index is 12.8. The highest BCUT2D eigenvalue weighted by Crippen LogP contribution is 2.23. The Morgan fingerprint density at radius 3 is 2.67 bits per heavy atom. The lowest BCUT2D eigenvalue weighted by Crippen LogP contribution is -2.46. The molecule has 1 aliphatic heterocycles. The minimum Gasteiger partial charge on any atom is -0.463 e. The van der Waals surface area contributed by atoms with Gasteiger partial charge >= 0.3 is 0 Å². The summed E-state index contributed by atoms with van der Waals surface area (Å²) in [5.74, 6) is 0.704. The van der Waals surface area contributed by atoms with Crippen LogP contribution in [0, 0.1) is 0 Å². The quantitative estimate of drug-likeness (QED) is 0.847. The summed E-state index contributed by atoms with van der Waals surface area (Å²) in [7, 11) is 3.71. The van der Waals surface area contributed by atoms with Gasteiger partial charge in [0, 0.05) is 13.6 Å². The van der Waals surface area contributed by atoms with Gasteiger partial charge in [-0.25, -0.2) is 0 Å². The molecule has 0 fully saturated rings. The molecule has 126 valence electrons. The van der Waals surface area contributed by atoms with Crippen LogP contribution in [-0.4, -0.2) is 49.0 Å². The van der Waals surface area contributed by atoms with Gasteiger partial charge in [-0.1, -0.05) is 30.3 Å². The summed E-state index contributed by atoms with van der Waals surface area (Å²) in [6.07, 6.45) is 3.62. The normalized spacial score (nSPS) is 19.2. The van der Waals surface area contributed by atoms with Gasteiger partial charge in [-0.15, -0.1) is 0 Å². The summed E-state index contributed by atoms with van der Waals surface area (Å²) >= 11 is 0. The number of amides is 1. The third kappa shape index (κ3) is 3.58. The number of hydrogen-bond donors (Lipinski definition) is 0. The maximum atomic E-state index is 12.8. The second kappa shape index (κ2) is 7.47. The molecular formula is C19H22N2O3. The third-order valence-electron chi connectivity index (χ3n) is 4.24. The molecule has 0 spiro atoms. The van der Waals surface area contributed by atoms with Crippen LogP contribution in [0.2, 0.25) is 0 Å². The first-order valence-corrected chi connectivity index (χ1v) is 8.00. The van der Waals surface area contributed by atoms with Crippen LogP contribution in [0.5, 0.6) is 0 Å². The average Bonchev–Trinajstić information content (AvgIpc) is 3.10. The first-order valence-electron chi connectivity index (χ1n) is 8.00. The molecule has 5 heteroatoms. The van der Waals surface area contributed by atoms with Crippen molar-refractivity contribution in [1.82, 2.24) is 9.80 Å². The Morgan fingerprint density at radius 1 is 1.17 bits per heavy atom. The molecule has 24 heavy (non-hydrogen) atoms. The minimum absolute atomic E-state index is 0.00529. The van der Waals surface area contributed by atoms with Gasteiger partial charge in [-0.3, -0.25) is 9.69 Å². The van der Waals surface area contributed by atoms with Gasteiger partial charge in [0.1, 0.15) is 11.8 Å². The van der Waals surface area contributed by atoms with E-state index in [4.69, 9.17) is 9.15 Å². The fourth-order valence-corrected chi connectivity index (χ4v) is 2.78. The molecule has 0 bridgehead atoms. The molecule has 2 aromatic rings. The smallest absolute Gasteiger partial charge is 0.246 e. The first-order chi connectivity index (χ1) is 11.7. The van der Waals surface area contributed by atoms with Crippen molar-refractivity contribution in [2.45, 2.75) is 12.6 Å². The fraction of sp³-hybridized carbons (Fsp3) is 0.316. The Hall–Kier alpha value is -2.37. The zero-order valence-corrected chi connectivity index (χ0v) is 14.0. The molecule has 0 saturated carbocycles. The molecule has 0 aliphatic carbocycles. The lowest BCUT2D eigenvalue weighted by atomic mass is 10.2. The van der Waals surface area contributed by atoms with Crippen molar-refractivity contribution < 1.29 is 13.9 Å². The van der Waals surface area contributed by atoms with E-state index in [1.165, 1.54) is 0 Å². The van der Waals surface area contributed by atoms with E-state index in [9.17, 15) is 4.79 Å². The number of carbonyl (C=O) groups excluding carboxylic acids is 1. The van der Waals surface area contributed by atoms with Crippen molar-refractivity contribution in [2.75, 3.05) is 27.2 Å². The number of carbonyl (C=O) groups is 1. The van der Waals surface area contributed by atoms with Crippen molar-refractivity contribution in [3.05, 3.63) is 66.1 Å². The molecule has 2 heterocycles. The molecule has 1 aromatic heterocycles. The van der Waals surface area contributed by atoms with Gasteiger partial charge in [0.05, 0.1) is 25.2 Å². The molecule has 5 nitrogen and oxygen atoms in total. The van der Waals surface area contributed by atoms with Gasteiger partial charge in [0.2, 0.25) is 5.91 Å². The topological polar surface area (TPSA) is 45.9 Å². The highest BCUT2D eigenvalue weighted by molar-refractivity contribution is 5.90. The fourth-order valence-electron chi connectivity index (χ4n) is 2.78. The van der Waals surface area contributed by atoms with Crippen molar-refractivity contribution in [2.24, 2.45) is 0 Å². The number of rotatable bonds is 5. The largest absolute Gasteiger partial charge is 0.463 e. The number of benzene rings is 1. The van der Waals surface area contributed by atoms with E-state index in [0.29, 0.717) is 25.5 Å². The number of ether oxygens (including phenoxy) is 1. The predicted octanol–water partition coefficient (Wildman–Crippen LogP) is 2.61. The van der Waals surface area contributed by atoms with Crippen LogP contribution < -0.4 is 0 Å². The monoisotopic (exact) mass is 326 g/mol. The van der Waals surface area contributed by atoms with Crippen molar-refractivity contribution in [3.63, 3.8) is 0 Å². The number of hydrogen-bond acceptors (Lipinski definition) is 4. The Morgan fingerprint density at radius 2 is 1.96 bits per heavy atom. The molecule has 1 atom stereocenters. The van der Waals surface area contributed by atoms with Crippen LogP contribution in [0.25, 0.3) is 5.70 Å². The predicted molar refractivity (Wildman–Crippen MR) is 92.0 cm³/mol. The molecule has 3 rings (SSSR count). The molecule has 1 aromatic carbocycles. The maximum Gasteiger partial charge on any atom is 0.246 e. The number of furan rings is 1. The SMILES string of the molecule is CN1C(=O)[C@H](COCc2ccccc2)N(C)CC=C1c1ccco1. The van der Waals surface area contributed by atoms with Gasteiger partial charge < -0.3 is 14.1 Å². The molecule has 0 unspecified atom stereocenters. The van der Waals surface area contributed by atoms with Crippen LogP contribution in [-0.2, 0) is 16.1 Å². The Bertz CT molecular complexity index is 695. The van der Waals surface area contributed by atoms with E-state index in [1.54, 1.807) is 18.2 Å². The van der Waals surface area contributed by atoms with E-state index < -0.39 is 0 Å². The second-order valence-corrected chi connectivity index (χ2v) is 5.92. The van der Waals surface area contributed by atoms with E-state index >= 15 is 0 Å². The molecular weight excluding hydrogens is 304 g/mol. The lowest BCUT2D eigenvalue weighted by Gasteiger charge is -2.27. The van der Waals surface area contributed by atoms with Crippen LogP contribution in [0.4, 0.5) is 0 Å². The van der Waals surface area contributed by atoms with Crippen LogP contribution in [0.1, 0.15) is 11.3 Å². The Kier molecular flexibility index (Phi) is 5.13. The van der Waals surface area contributed by atoms with E-state index in [-0.39, 0.29) is 11.9 Å². The van der Waals surface area contributed by atoms with Gasteiger partial charge in [0.25, 0.3) is 0 Å². The summed E-state index contributed by atoms with van der Waals surface area (Å²) < 4.78 is 11.2. The summed E-state index contributed by atoms with van der Waals surface area (Å²) in [5, 5.41) is 0. The van der Waals surface area contributed by atoms with Crippen molar-refractivity contribution in [1.29, 1.82) is 0 Å². The highest BCUT2D eigenvalue weighted by Gasteiger charge is 2.31. The van der Waals surface area contributed by atoms with Gasteiger partial charge in [-0.05, 0) is 30.8 Å². The summed E-state index contributed by atoms with van der Waals surface area (Å²) in [4.78, 5) is 16.5. The lowest BCUT2D eigenvalue weighted by molar-refractivity contribution is -0.134. The first kappa shape index (κ1) is 16.5. The summed E-state index contributed by atoms with van der Waals surface area (Å²) in [6, 6.07) is 13.3. The number of nitrogens with zero attached hydrogens (tertiary/aromatic N) is 2. The molecule has 1 amide bonds. The van der Waals surface area contributed by atoms with Gasteiger partial charge in [-0.2, -0.15) is 0 Å². The standard InChI is InChI=1S/C19H22N2O3/c1-20-11-10-16(18-9-6-12-24-18)21(2)19(22)17(20)14-23-13-15-7-4-3-5-8-15/h3-10,12,17H,11,13-14H2,1-2H3/t17-/m0/s1. The Balaban J connectivity index is 1.66. The van der Waals surface area contributed by atoms with Crippen LogP contribution in [0.15, 0.2) is 59.2 Å². The second-order valence-electron chi connectivity index (χ2n) is 5.92. The average molecular weight is 326 g/mol. The summed E-state index contributed by atoms with van der Waals surface area (Å²) in [6.45, 7) is 1.51. The van der Waals surface area contributed by atoms with E-state index in [2.05, 4.69) is 0 Å². The Labute approximate surface area is 142 Å². The van der Waals surface area contributed by atoms with E-state index in [0.717, 1.165) is 11.3 Å². The van der Waals surface area contributed by atoms with Crippen LogP contribution >= 0.6 is 0 Å². The zero-order valence-electron chi connectivity index (χ0n) is 14.0. The molecule has 0 N–H and O–H groups in total. The zero-order chi connectivity index (χ0) is 16.9. The van der Waals surface area contributed by atoms with Crippen LogP contribution in [0.3, 0.4) is 0 Å². The molecule has 0 saturated heterocycles.